The lowest BCUT2D eigenvalue weighted by atomic mass is 10.2. The third-order valence-corrected chi connectivity index (χ3v) is 6.74. The molecule has 0 radical (unpaired) electrons. The number of thioether (sulfide) groups is 1. The first-order valence-corrected chi connectivity index (χ1v) is 11.2. The molecule has 0 aliphatic carbocycles. The summed E-state index contributed by atoms with van der Waals surface area (Å²) in [5.41, 5.74) is 1.65. The highest BCUT2D eigenvalue weighted by Crippen LogP contribution is 2.28. The van der Waals surface area contributed by atoms with Crippen LogP contribution in [-0.4, -0.2) is 47.0 Å². The molecule has 1 aliphatic rings. The number of piperazine rings is 1. The van der Waals surface area contributed by atoms with E-state index in [4.69, 9.17) is 4.52 Å². The molecular weight excluding hydrogens is 390 g/mol. The molecule has 1 saturated heterocycles. The number of rotatable bonds is 6. The molecule has 2 aromatic heterocycles. The van der Waals surface area contributed by atoms with Gasteiger partial charge in [0.15, 0.2) is 0 Å². The van der Waals surface area contributed by atoms with Gasteiger partial charge in [-0.25, -0.2) is 0 Å². The first-order chi connectivity index (χ1) is 13.7. The zero-order valence-electron chi connectivity index (χ0n) is 15.8. The third-order valence-electron chi connectivity index (χ3n) is 4.78. The van der Waals surface area contributed by atoms with Crippen LogP contribution in [0, 0.1) is 6.92 Å². The topological polar surface area (TPSA) is 49.6 Å². The zero-order valence-corrected chi connectivity index (χ0v) is 17.5. The standard InChI is InChI=1S/C21H23N3O2S2/c1-16-13-17(26-22-16)15-28-20-7-3-2-6-19(20)21(25)24-10-8-23(9-11-24)14-18-5-4-12-27-18/h2-7,12-13H,8-11,14-15H2,1H3. The van der Waals surface area contributed by atoms with Gasteiger partial charge in [0.1, 0.15) is 5.76 Å². The number of amides is 1. The number of carbonyl (C=O) groups excluding carboxylic acids is 1. The number of hydrogen-bond donors (Lipinski definition) is 0. The van der Waals surface area contributed by atoms with Crippen molar-refractivity contribution in [2.45, 2.75) is 24.1 Å². The van der Waals surface area contributed by atoms with Gasteiger partial charge in [0.05, 0.1) is 17.0 Å². The van der Waals surface area contributed by atoms with Gasteiger partial charge in [0.25, 0.3) is 5.91 Å². The number of benzene rings is 1. The normalized spacial score (nSPS) is 15.1. The third kappa shape index (κ3) is 4.66. The van der Waals surface area contributed by atoms with E-state index in [1.807, 2.05) is 42.2 Å². The maximum Gasteiger partial charge on any atom is 0.255 e. The lowest BCUT2D eigenvalue weighted by molar-refractivity contribution is 0.0626. The Balaban J connectivity index is 1.37. The highest BCUT2D eigenvalue weighted by Gasteiger charge is 2.24. The predicted octanol–water partition coefficient (Wildman–Crippen LogP) is 4.29. The lowest BCUT2D eigenvalue weighted by Gasteiger charge is -2.34. The van der Waals surface area contributed by atoms with E-state index < -0.39 is 0 Å². The van der Waals surface area contributed by atoms with Crippen molar-refractivity contribution >= 4 is 29.0 Å². The molecule has 0 bridgehead atoms. The van der Waals surface area contributed by atoms with Gasteiger partial charge >= 0.3 is 0 Å². The van der Waals surface area contributed by atoms with Crippen molar-refractivity contribution in [3.05, 3.63) is 69.7 Å². The van der Waals surface area contributed by atoms with E-state index in [1.54, 1.807) is 23.1 Å². The van der Waals surface area contributed by atoms with Crippen LogP contribution < -0.4 is 0 Å². The molecule has 0 unspecified atom stereocenters. The molecule has 5 nitrogen and oxygen atoms in total. The summed E-state index contributed by atoms with van der Waals surface area (Å²) in [4.78, 5) is 19.9. The number of aromatic nitrogens is 1. The van der Waals surface area contributed by atoms with E-state index in [2.05, 4.69) is 27.6 Å². The molecule has 0 saturated carbocycles. The average molecular weight is 414 g/mol. The summed E-state index contributed by atoms with van der Waals surface area (Å²) in [6.07, 6.45) is 0. The minimum atomic E-state index is 0.118. The van der Waals surface area contributed by atoms with E-state index in [1.165, 1.54) is 4.88 Å². The summed E-state index contributed by atoms with van der Waals surface area (Å²) in [7, 11) is 0. The van der Waals surface area contributed by atoms with E-state index in [-0.39, 0.29) is 5.91 Å². The van der Waals surface area contributed by atoms with Crippen LogP contribution in [0.15, 0.2) is 57.3 Å². The molecule has 1 aromatic carbocycles. The fourth-order valence-corrected chi connectivity index (χ4v) is 4.97. The Morgan fingerprint density at radius 3 is 2.71 bits per heavy atom. The Kier molecular flexibility index (Phi) is 6.14. The molecule has 3 aromatic rings. The summed E-state index contributed by atoms with van der Waals surface area (Å²) in [5.74, 6) is 1.61. The van der Waals surface area contributed by atoms with Crippen molar-refractivity contribution in [3.63, 3.8) is 0 Å². The van der Waals surface area contributed by atoms with Gasteiger partial charge in [-0.3, -0.25) is 9.69 Å². The van der Waals surface area contributed by atoms with E-state index >= 15 is 0 Å². The van der Waals surface area contributed by atoms with Crippen LogP contribution in [0.1, 0.15) is 26.7 Å². The number of carbonyl (C=O) groups is 1. The van der Waals surface area contributed by atoms with Gasteiger partial charge in [0, 0.05) is 48.6 Å². The van der Waals surface area contributed by atoms with Crippen molar-refractivity contribution in [1.29, 1.82) is 0 Å². The Bertz CT molecular complexity index is 915. The van der Waals surface area contributed by atoms with Crippen molar-refractivity contribution in [1.82, 2.24) is 15.0 Å². The molecule has 28 heavy (non-hydrogen) atoms. The van der Waals surface area contributed by atoms with Crippen LogP contribution in [0.3, 0.4) is 0 Å². The number of aryl methyl sites for hydroxylation is 1. The van der Waals surface area contributed by atoms with Crippen molar-refractivity contribution < 1.29 is 9.32 Å². The van der Waals surface area contributed by atoms with E-state index in [9.17, 15) is 4.79 Å². The van der Waals surface area contributed by atoms with Crippen LogP contribution in [0.4, 0.5) is 0 Å². The first-order valence-electron chi connectivity index (χ1n) is 9.37. The Morgan fingerprint density at radius 1 is 1.18 bits per heavy atom. The predicted molar refractivity (Wildman–Crippen MR) is 113 cm³/mol. The molecule has 1 amide bonds. The summed E-state index contributed by atoms with van der Waals surface area (Å²) < 4.78 is 5.29. The van der Waals surface area contributed by atoms with Crippen LogP contribution in [0.2, 0.25) is 0 Å². The maximum atomic E-state index is 13.1. The highest BCUT2D eigenvalue weighted by molar-refractivity contribution is 7.98. The van der Waals surface area contributed by atoms with Crippen molar-refractivity contribution in [2.24, 2.45) is 0 Å². The fraction of sp³-hybridized carbons (Fsp3) is 0.333. The Hall–Kier alpha value is -2.09. The molecule has 4 rings (SSSR count). The summed E-state index contributed by atoms with van der Waals surface area (Å²) in [6.45, 7) is 6.25. The van der Waals surface area contributed by atoms with Gasteiger partial charge in [-0.05, 0) is 30.5 Å². The molecule has 7 heteroatoms. The monoisotopic (exact) mass is 413 g/mol. The maximum absolute atomic E-state index is 13.1. The highest BCUT2D eigenvalue weighted by atomic mass is 32.2. The smallest absolute Gasteiger partial charge is 0.255 e. The van der Waals surface area contributed by atoms with Crippen LogP contribution in [0.25, 0.3) is 0 Å². The molecule has 1 fully saturated rings. The lowest BCUT2D eigenvalue weighted by Crippen LogP contribution is -2.48. The minimum Gasteiger partial charge on any atom is -0.360 e. The van der Waals surface area contributed by atoms with Gasteiger partial charge in [-0.1, -0.05) is 23.4 Å². The summed E-state index contributed by atoms with van der Waals surface area (Å²) in [6, 6.07) is 14.0. The van der Waals surface area contributed by atoms with Gasteiger partial charge < -0.3 is 9.42 Å². The largest absolute Gasteiger partial charge is 0.360 e. The molecular formula is C21H23N3O2S2. The molecule has 0 N–H and O–H groups in total. The van der Waals surface area contributed by atoms with Crippen molar-refractivity contribution in [2.75, 3.05) is 26.2 Å². The fourth-order valence-electron chi connectivity index (χ4n) is 3.30. The van der Waals surface area contributed by atoms with Crippen LogP contribution >= 0.6 is 23.1 Å². The Labute approximate surface area is 173 Å². The molecule has 0 atom stereocenters. The number of thiophene rings is 1. The Morgan fingerprint density at radius 2 is 2.00 bits per heavy atom. The quantitative estimate of drug-likeness (QED) is 0.564. The number of hydrogen-bond acceptors (Lipinski definition) is 6. The first kappa shape index (κ1) is 19.2. The minimum absolute atomic E-state index is 0.118. The zero-order chi connectivity index (χ0) is 19.3. The SMILES string of the molecule is Cc1cc(CSc2ccccc2C(=O)N2CCN(Cc3cccs3)CC2)on1. The van der Waals surface area contributed by atoms with Gasteiger partial charge in [-0.2, -0.15) is 0 Å². The molecule has 1 aliphatic heterocycles. The average Bonchev–Trinajstić information content (AvgIpc) is 3.38. The van der Waals surface area contributed by atoms with Crippen molar-refractivity contribution in [3.8, 4) is 0 Å². The second-order valence-corrected chi connectivity index (χ2v) is 8.92. The molecule has 0 spiro atoms. The molecule has 3 heterocycles. The molecule has 146 valence electrons. The summed E-state index contributed by atoms with van der Waals surface area (Å²) in [5, 5.41) is 6.04. The number of nitrogens with zero attached hydrogens (tertiary/aromatic N) is 3. The van der Waals surface area contributed by atoms with E-state index in [0.29, 0.717) is 5.75 Å². The van der Waals surface area contributed by atoms with Gasteiger partial charge in [-0.15, -0.1) is 23.1 Å². The second kappa shape index (κ2) is 8.94. The van der Waals surface area contributed by atoms with Crippen LogP contribution in [-0.2, 0) is 12.3 Å². The van der Waals surface area contributed by atoms with Crippen LogP contribution in [0.5, 0.6) is 0 Å². The summed E-state index contributed by atoms with van der Waals surface area (Å²) >= 11 is 3.41. The van der Waals surface area contributed by atoms with E-state index in [0.717, 1.165) is 54.6 Å². The second-order valence-electron chi connectivity index (χ2n) is 6.87. The van der Waals surface area contributed by atoms with Gasteiger partial charge in [0.2, 0.25) is 0 Å².